The summed E-state index contributed by atoms with van der Waals surface area (Å²) in [5.41, 5.74) is 1.05. The largest absolute Gasteiger partial charge is 0.354 e. The van der Waals surface area contributed by atoms with Crippen molar-refractivity contribution in [1.29, 1.82) is 0 Å². The molecule has 1 atom stereocenters. The third kappa shape index (κ3) is 2.18. The van der Waals surface area contributed by atoms with E-state index < -0.39 is 0 Å². The second-order valence-corrected chi connectivity index (χ2v) is 6.58. The van der Waals surface area contributed by atoms with Crippen molar-refractivity contribution in [2.45, 2.75) is 18.9 Å². The number of hydrogen-bond donors (Lipinski definition) is 1. The highest BCUT2D eigenvalue weighted by atomic mass is 16.2. The normalized spacial score (nSPS) is 21.8. The van der Waals surface area contributed by atoms with Crippen LogP contribution in [0, 0.1) is 5.41 Å². The van der Waals surface area contributed by atoms with E-state index in [9.17, 15) is 4.79 Å². The molecule has 1 N–H and O–H groups in total. The molecule has 1 saturated carbocycles. The maximum atomic E-state index is 12.2. The number of nitrogens with one attached hydrogen (secondary N) is 1. The van der Waals surface area contributed by atoms with Crippen LogP contribution in [0.15, 0.2) is 23.6 Å². The summed E-state index contributed by atoms with van der Waals surface area (Å²) in [7, 11) is 2.07. The Balaban J connectivity index is 1.63. The Morgan fingerprint density at radius 3 is 3.13 bits per heavy atom. The molecule has 2 aromatic heterocycles. The Morgan fingerprint density at radius 2 is 2.39 bits per heavy atom. The molecule has 0 unspecified atom stereocenters. The molecular weight excluding hydrogens is 292 g/mol. The van der Waals surface area contributed by atoms with Crippen LogP contribution in [-0.2, 0) is 4.79 Å². The number of carbonyl (C=O) groups is 1. The molecule has 2 aliphatic rings. The van der Waals surface area contributed by atoms with Gasteiger partial charge in [-0.15, -0.1) is 0 Å². The van der Waals surface area contributed by atoms with E-state index in [1.165, 1.54) is 0 Å². The minimum absolute atomic E-state index is 0.0663. The van der Waals surface area contributed by atoms with Gasteiger partial charge in [0.25, 0.3) is 0 Å². The fourth-order valence-corrected chi connectivity index (χ4v) is 3.81. The average molecular weight is 312 g/mol. The molecule has 0 radical (unpaired) electrons. The molecule has 1 aliphatic heterocycles. The molecule has 3 heterocycles. The zero-order chi connectivity index (χ0) is 16.0. The van der Waals surface area contributed by atoms with Crippen molar-refractivity contribution in [3.63, 3.8) is 0 Å². The fraction of sp³-hybridized carbons (Fsp3) is 0.500. The van der Waals surface area contributed by atoms with Gasteiger partial charge in [0.2, 0.25) is 5.91 Å². The molecule has 1 amide bonds. The van der Waals surface area contributed by atoms with Gasteiger partial charge in [0, 0.05) is 31.7 Å². The van der Waals surface area contributed by atoms with Crippen molar-refractivity contribution in [3.05, 3.63) is 18.6 Å². The first kappa shape index (κ1) is 14.2. The Morgan fingerprint density at radius 1 is 1.57 bits per heavy atom. The number of anilines is 1. The number of likely N-dealkylation sites (N-methyl/N-ethyl adjacent to an activating group) is 1. The zero-order valence-electron chi connectivity index (χ0n) is 13.2. The smallest absolute Gasteiger partial charge is 0.244 e. The lowest BCUT2D eigenvalue weighted by Crippen LogP contribution is -2.40. The first-order chi connectivity index (χ1) is 11.1. The Hall–Kier alpha value is -2.44. The van der Waals surface area contributed by atoms with Crippen LogP contribution in [0.3, 0.4) is 0 Å². The van der Waals surface area contributed by atoms with Gasteiger partial charge in [-0.05, 0) is 25.6 Å². The second kappa shape index (κ2) is 5.04. The highest BCUT2D eigenvalue weighted by Gasteiger charge is 2.57. The molecule has 0 bridgehead atoms. The standard InChI is InChI=1S/C16H20N6O/c1-17-7-13(23)22-8-12(16(9-22)4-5-16)21(2)15-11-3-6-18-14(11)19-10-20-15/h3,6,10,12H,1,4-5,7-9H2,2H3,(H,18,19,20)/t12-/m0/s1. The van der Waals surface area contributed by atoms with Crippen LogP contribution in [0.1, 0.15) is 12.8 Å². The molecule has 7 heteroatoms. The Bertz CT molecular complexity index is 765. The molecule has 7 nitrogen and oxygen atoms in total. The number of aromatic amines is 1. The molecule has 2 fully saturated rings. The van der Waals surface area contributed by atoms with Crippen LogP contribution >= 0.6 is 0 Å². The third-order valence-electron chi connectivity index (χ3n) is 5.23. The van der Waals surface area contributed by atoms with E-state index in [1.54, 1.807) is 6.33 Å². The van der Waals surface area contributed by atoms with Crippen LogP contribution < -0.4 is 4.90 Å². The van der Waals surface area contributed by atoms with Crippen LogP contribution in [0.4, 0.5) is 5.82 Å². The molecule has 23 heavy (non-hydrogen) atoms. The number of aliphatic imine (C=N–C) groups is 1. The van der Waals surface area contributed by atoms with E-state index in [0.717, 1.165) is 42.8 Å². The Kier molecular flexibility index (Phi) is 3.11. The van der Waals surface area contributed by atoms with Crippen molar-refractivity contribution >= 4 is 29.5 Å². The highest BCUT2D eigenvalue weighted by molar-refractivity contribution is 5.87. The first-order valence-corrected chi connectivity index (χ1v) is 7.86. The minimum Gasteiger partial charge on any atom is -0.354 e. The fourth-order valence-electron chi connectivity index (χ4n) is 3.81. The monoisotopic (exact) mass is 312 g/mol. The summed E-state index contributed by atoms with van der Waals surface area (Å²) >= 11 is 0. The van der Waals surface area contributed by atoms with Crippen LogP contribution in [0.25, 0.3) is 11.0 Å². The number of H-pyrrole nitrogens is 1. The maximum Gasteiger partial charge on any atom is 0.244 e. The van der Waals surface area contributed by atoms with E-state index in [-0.39, 0.29) is 23.9 Å². The van der Waals surface area contributed by atoms with Crippen molar-refractivity contribution < 1.29 is 4.79 Å². The lowest BCUT2D eigenvalue weighted by atomic mass is 9.99. The van der Waals surface area contributed by atoms with Crippen molar-refractivity contribution in [3.8, 4) is 0 Å². The maximum absolute atomic E-state index is 12.2. The van der Waals surface area contributed by atoms with Gasteiger partial charge in [0.1, 0.15) is 24.3 Å². The topological polar surface area (TPSA) is 77.5 Å². The Labute approximate surface area is 134 Å². The number of rotatable bonds is 4. The predicted octanol–water partition coefficient (Wildman–Crippen LogP) is 1.09. The lowest BCUT2D eigenvalue weighted by Gasteiger charge is -2.30. The second-order valence-electron chi connectivity index (χ2n) is 6.58. The molecule has 2 aromatic rings. The summed E-state index contributed by atoms with van der Waals surface area (Å²) in [5, 5.41) is 1.02. The van der Waals surface area contributed by atoms with Crippen LogP contribution in [0.2, 0.25) is 0 Å². The number of aromatic nitrogens is 3. The summed E-state index contributed by atoms with van der Waals surface area (Å²) in [6, 6.07) is 2.28. The van der Waals surface area contributed by atoms with Gasteiger partial charge in [0.15, 0.2) is 0 Å². The molecular formula is C16H20N6O. The van der Waals surface area contributed by atoms with E-state index in [0.29, 0.717) is 0 Å². The molecule has 1 aliphatic carbocycles. The predicted molar refractivity (Wildman–Crippen MR) is 88.7 cm³/mol. The van der Waals surface area contributed by atoms with Gasteiger partial charge in [-0.2, -0.15) is 0 Å². The average Bonchev–Trinajstić information content (AvgIpc) is 2.99. The van der Waals surface area contributed by atoms with Crippen molar-refractivity contribution in [2.24, 2.45) is 10.4 Å². The van der Waals surface area contributed by atoms with E-state index in [2.05, 4.69) is 38.6 Å². The number of likely N-dealkylation sites (tertiary alicyclic amines) is 1. The number of hydrogen-bond acceptors (Lipinski definition) is 5. The molecule has 4 rings (SSSR count). The van der Waals surface area contributed by atoms with Crippen LogP contribution in [0.5, 0.6) is 0 Å². The van der Waals surface area contributed by atoms with Gasteiger partial charge >= 0.3 is 0 Å². The number of nitrogens with zero attached hydrogens (tertiary/aromatic N) is 5. The summed E-state index contributed by atoms with van der Waals surface area (Å²) in [6.07, 6.45) is 5.79. The summed E-state index contributed by atoms with van der Waals surface area (Å²) < 4.78 is 0. The molecule has 0 aromatic carbocycles. The third-order valence-corrected chi connectivity index (χ3v) is 5.23. The van der Waals surface area contributed by atoms with Crippen molar-refractivity contribution in [2.75, 3.05) is 31.6 Å². The van der Waals surface area contributed by atoms with Crippen molar-refractivity contribution in [1.82, 2.24) is 19.9 Å². The van der Waals surface area contributed by atoms with Gasteiger partial charge in [-0.1, -0.05) is 0 Å². The highest BCUT2D eigenvalue weighted by Crippen LogP contribution is 2.55. The minimum atomic E-state index is 0.0663. The van der Waals surface area contributed by atoms with E-state index in [4.69, 9.17) is 0 Å². The number of fused-ring (bicyclic) bond motifs is 1. The first-order valence-electron chi connectivity index (χ1n) is 7.86. The SMILES string of the molecule is C=NCC(=O)N1C[C@H](N(C)c2ncnc3[nH]ccc23)C2(CC2)C1. The van der Waals surface area contributed by atoms with E-state index >= 15 is 0 Å². The van der Waals surface area contributed by atoms with Gasteiger partial charge in [-0.3, -0.25) is 9.79 Å². The zero-order valence-corrected chi connectivity index (χ0v) is 13.2. The lowest BCUT2D eigenvalue weighted by molar-refractivity contribution is -0.128. The van der Waals surface area contributed by atoms with Gasteiger partial charge < -0.3 is 14.8 Å². The summed E-state index contributed by atoms with van der Waals surface area (Å²) in [4.78, 5) is 31.9. The quantitative estimate of drug-likeness (QED) is 0.857. The summed E-state index contributed by atoms with van der Waals surface area (Å²) in [5.74, 6) is 0.986. The molecule has 120 valence electrons. The molecule has 1 saturated heterocycles. The van der Waals surface area contributed by atoms with Gasteiger partial charge in [-0.25, -0.2) is 9.97 Å². The number of carbonyl (C=O) groups excluding carboxylic acids is 1. The number of amides is 1. The molecule has 1 spiro atoms. The van der Waals surface area contributed by atoms with E-state index in [1.807, 2.05) is 17.2 Å². The van der Waals surface area contributed by atoms with Gasteiger partial charge in [0.05, 0.1) is 11.4 Å². The summed E-state index contributed by atoms with van der Waals surface area (Å²) in [6.45, 7) is 5.13. The van der Waals surface area contributed by atoms with Crippen LogP contribution in [-0.4, -0.2) is 65.2 Å².